The number of furan rings is 1. The van der Waals surface area contributed by atoms with Gasteiger partial charge in [-0.1, -0.05) is 48.5 Å². The van der Waals surface area contributed by atoms with Gasteiger partial charge in [-0.05, 0) is 37.8 Å². The SMILES string of the molecule is Cc1c(C(=O)N2CCC(O)(c3ccccc3)CC2)oc2c(C)cccc12. The molecule has 0 atom stereocenters. The second-order valence-electron chi connectivity index (χ2n) is 7.20. The van der Waals surface area contributed by atoms with Crippen molar-refractivity contribution in [2.75, 3.05) is 13.1 Å². The van der Waals surface area contributed by atoms with Crippen LogP contribution in [0.2, 0.25) is 0 Å². The second kappa shape index (κ2) is 6.29. The Morgan fingerprint density at radius 2 is 1.73 bits per heavy atom. The predicted octanol–water partition coefficient (Wildman–Crippen LogP) is 4.17. The molecule has 0 spiro atoms. The molecule has 1 aliphatic rings. The predicted molar refractivity (Wildman–Crippen MR) is 101 cm³/mol. The summed E-state index contributed by atoms with van der Waals surface area (Å²) in [5.41, 5.74) is 2.76. The van der Waals surface area contributed by atoms with Gasteiger partial charge in [-0.2, -0.15) is 0 Å². The number of hydrogen-bond acceptors (Lipinski definition) is 3. The molecule has 2 aromatic carbocycles. The quantitative estimate of drug-likeness (QED) is 0.755. The van der Waals surface area contributed by atoms with E-state index in [-0.39, 0.29) is 5.91 Å². The molecule has 0 unspecified atom stereocenters. The Bertz CT molecular complexity index is 950. The van der Waals surface area contributed by atoms with E-state index in [0.29, 0.717) is 31.7 Å². The number of aryl methyl sites for hydroxylation is 2. The maximum Gasteiger partial charge on any atom is 0.289 e. The molecule has 0 bridgehead atoms. The van der Waals surface area contributed by atoms with E-state index in [1.54, 1.807) is 4.90 Å². The summed E-state index contributed by atoms with van der Waals surface area (Å²) in [6.07, 6.45) is 1.06. The third-order valence-corrected chi connectivity index (χ3v) is 5.54. The van der Waals surface area contributed by atoms with Gasteiger partial charge in [0.2, 0.25) is 0 Å². The molecule has 1 aliphatic heterocycles. The fourth-order valence-electron chi connectivity index (χ4n) is 3.85. The first-order valence-corrected chi connectivity index (χ1v) is 9.05. The first-order chi connectivity index (χ1) is 12.5. The lowest BCUT2D eigenvalue weighted by molar-refractivity contribution is -0.0217. The highest BCUT2D eigenvalue weighted by Gasteiger charge is 2.36. The van der Waals surface area contributed by atoms with Crippen molar-refractivity contribution in [1.29, 1.82) is 0 Å². The zero-order chi connectivity index (χ0) is 18.3. The van der Waals surface area contributed by atoms with Crippen LogP contribution in [-0.2, 0) is 5.60 Å². The number of benzene rings is 2. The highest BCUT2D eigenvalue weighted by atomic mass is 16.3. The number of carbonyl (C=O) groups is 1. The number of fused-ring (bicyclic) bond motifs is 1. The van der Waals surface area contributed by atoms with E-state index >= 15 is 0 Å². The summed E-state index contributed by atoms with van der Waals surface area (Å²) in [6, 6.07) is 15.7. The van der Waals surface area contributed by atoms with Gasteiger partial charge in [-0.25, -0.2) is 0 Å². The first kappa shape index (κ1) is 16.9. The van der Waals surface area contributed by atoms with Gasteiger partial charge >= 0.3 is 0 Å². The Hall–Kier alpha value is -2.59. The number of para-hydroxylation sites is 1. The molecule has 1 saturated heterocycles. The van der Waals surface area contributed by atoms with Crippen molar-refractivity contribution < 1.29 is 14.3 Å². The van der Waals surface area contributed by atoms with Crippen molar-refractivity contribution >= 4 is 16.9 Å². The van der Waals surface area contributed by atoms with E-state index in [2.05, 4.69) is 0 Å². The summed E-state index contributed by atoms with van der Waals surface area (Å²) in [5, 5.41) is 11.9. The van der Waals surface area contributed by atoms with Crippen molar-refractivity contribution in [3.8, 4) is 0 Å². The molecule has 0 saturated carbocycles. The van der Waals surface area contributed by atoms with E-state index in [4.69, 9.17) is 4.42 Å². The zero-order valence-electron chi connectivity index (χ0n) is 15.2. The summed E-state index contributed by atoms with van der Waals surface area (Å²) in [5.74, 6) is 0.327. The minimum Gasteiger partial charge on any atom is -0.450 e. The van der Waals surface area contributed by atoms with E-state index in [1.807, 2.05) is 62.4 Å². The largest absolute Gasteiger partial charge is 0.450 e. The van der Waals surface area contributed by atoms with Crippen LogP contribution in [0.5, 0.6) is 0 Å². The van der Waals surface area contributed by atoms with Crippen molar-refractivity contribution in [1.82, 2.24) is 4.90 Å². The molecule has 3 aromatic rings. The molecule has 0 radical (unpaired) electrons. The Kier molecular flexibility index (Phi) is 4.08. The Morgan fingerprint density at radius 1 is 1.04 bits per heavy atom. The van der Waals surface area contributed by atoms with Crippen molar-refractivity contribution in [2.24, 2.45) is 0 Å². The van der Waals surface area contributed by atoms with Gasteiger partial charge in [0.15, 0.2) is 5.76 Å². The van der Waals surface area contributed by atoms with Crippen LogP contribution < -0.4 is 0 Å². The fourth-order valence-corrected chi connectivity index (χ4v) is 3.85. The number of amides is 1. The normalized spacial score (nSPS) is 16.8. The van der Waals surface area contributed by atoms with E-state index in [9.17, 15) is 9.90 Å². The monoisotopic (exact) mass is 349 g/mol. The number of nitrogens with zero attached hydrogens (tertiary/aromatic N) is 1. The Balaban J connectivity index is 1.56. The molecule has 4 rings (SSSR count). The standard InChI is InChI=1S/C22H23NO3/c1-15-7-6-10-18-16(2)20(26-19(15)18)21(24)23-13-11-22(25,12-14-23)17-8-4-3-5-9-17/h3-10,25H,11-14H2,1-2H3. The van der Waals surface area contributed by atoms with Crippen molar-refractivity contribution in [3.63, 3.8) is 0 Å². The lowest BCUT2D eigenvalue weighted by Crippen LogP contribution is -2.45. The molecule has 26 heavy (non-hydrogen) atoms. The van der Waals surface area contributed by atoms with Crippen LogP contribution >= 0.6 is 0 Å². The van der Waals surface area contributed by atoms with Crippen LogP contribution in [0.4, 0.5) is 0 Å². The molecule has 0 aliphatic carbocycles. The summed E-state index contributed by atoms with van der Waals surface area (Å²) in [7, 11) is 0. The molecule has 134 valence electrons. The summed E-state index contributed by atoms with van der Waals surface area (Å²) < 4.78 is 5.93. The first-order valence-electron chi connectivity index (χ1n) is 9.05. The number of likely N-dealkylation sites (tertiary alicyclic amines) is 1. The van der Waals surface area contributed by atoms with E-state index < -0.39 is 5.60 Å². The van der Waals surface area contributed by atoms with Crippen LogP contribution in [0.25, 0.3) is 11.0 Å². The maximum atomic E-state index is 13.0. The molecule has 4 nitrogen and oxygen atoms in total. The lowest BCUT2D eigenvalue weighted by atomic mass is 9.84. The van der Waals surface area contributed by atoms with Gasteiger partial charge in [-0.15, -0.1) is 0 Å². The van der Waals surface area contributed by atoms with Crippen LogP contribution in [0.3, 0.4) is 0 Å². The third kappa shape index (κ3) is 2.71. The summed E-state index contributed by atoms with van der Waals surface area (Å²) in [6.45, 7) is 4.95. The number of rotatable bonds is 2. The summed E-state index contributed by atoms with van der Waals surface area (Å²) in [4.78, 5) is 14.8. The minimum absolute atomic E-state index is 0.0896. The molecular formula is C22H23NO3. The molecule has 4 heteroatoms. The molecule has 1 aromatic heterocycles. The van der Waals surface area contributed by atoms with Gasteiger partial charge in [0, 0.05) is 24.0 Å². The van der Waals surface area contributed by atoms with E-state index in [0.717, 1.165) is 27.7 Å². The Labute approximate surface area is 153 Å². The van der Waals surface area contributed by atoms with Gasteiger partial charge in [0.1, 0.15) is 5.58 Å². The van der Waals surface area contributed by atoms with Crippen LogP contribution in [-0.4, -0.2) is 29.0 Å². The van der Waals surface area contributed by atoms with Crippen LogP contribution in [0, 0.1) is 13.8 Å². The molecule has 2 heterocycles. The fraction of sp³-hybridized carbons (Fsp3) is 0.318. The molecule has 1 N–H and O–H groups in total. The van der Waals surface area contributed by atoms with Crippen LogP contribution in [0.15, 0.2) is 52.9 Å². The molecule has 1 fully saturated rings. The number of carbonyl (C=O) groups excluding carboxylic acids is 1. The number of hydrogen-bond donors (Lipinski definition) is 1. The molecular weight excluding hydrogens is 326 g/mol. The topological polar surface area (TPSA) is 53.7 Å². The smallest absolute Gasteiger partial charge is 0.289 e. The third-order valence-electron chi connectivity index (χ3n) is 5.54. The van der Waals surface area contributed by atoms with Gasteiger partial charge < -0.3 is 14.4 Å². The van der Waals surface area contributed by atoms with Gasteiger partial charge in [-0.3, -0.25) is 4.79 Å². The zero-order valence-corrected chi connectivity index (χ0v) is 15.2. The molecule has 1 amide bonds. The highest BCUT2D eigenvalue weighted by molar-refractivity contribution is 5.99. The average Bonchev–Trinajstić information content (AvgIpc) is 3.01. The highest BCUT2D eigenvalue weighted by Crippen LogP contribution is 2.34. The summed E-state index contributed by atoms with van der Waals surface area (Å²) >= 11 is 0. The number of piperidine rings is 1. The number of aliphatic hydroxyl groups is 1. The van der Waals surface area contributed by atoms with Crippen molar-refractivity contribution in [3.05, 3.63) is 71.0 Å². The minimum atomic E-state index is -0.864. The van der Waals surface area contributed by atoms with Crippen molar-refractivity contribution in [2.45, 2.75) is 32.3 Å². The van der Waals surface area contributed by atoms with Gasteiger partial charge in [0.05, 0.1) is 5.60 Å². The van der Waals surface area contributed by atoms with E-state index in [1.165, 1.54) is 0 Å². The lowest BCUT2D eigenvalue weighted by Gasteiger charge is -2.38. The average molecular weight is 349 g/mol. The Morgan fingerprint density at radius 3 is 2.38 bits per heavy atom. The maximum absolute atomic E-state index is 13.0. The second-order valence-corrected chi connectivity index (χ2v) is 7.20. The van der Waals surface area contributed by atoms with Crippen LogP contribution in [0.1, 0.15) is 40.1 Å². The van der Waals surface area contributed by atoms with Gasteiger partial charge in [0.25, 0.3) is 5.91 Å².